The zero-order chi connectivity index (χ0) is 28.0. The van der Waals surface area contributed by atoms with E-state index < -0.39 is 40.2 Å². The van der Waals surface area contributed by atoms with Crippen LogP contribution in [0, 0.1) is 11.6 Å². The number of halogens is 4. The fourth-order valence-corrected chi connectivity index (χ4v) is 5.93. The third kappa shape index (κ3) is 7.57. The number of nitrogens with one attached hydrogen (secondary N) is 1. The number of benzene rings is 2. The van der Waals surface area contributed by atoms with Gasteiger partial charge in [0.25, 0.3) is 0 Å². The van der Waals surface area contributed by atoms with Gasteiger partial charge < -0.3 is 10.2 Å². The zero-order valence-electron chi connectivity index (χ0n) is 21.2. The maximum atomic E-state index is 13.9. The predicted molar refractivity (Wildman–Crippen MR) is 145 cm³/mol. The Morgan fingerprint density at radius 3 is 2.24 bits per heavy atom. The summed E-state index contributed by atoms with van der Waals surface area (Å²) in [6.45, 7) is 0.825. The first-order chi connectivity index (χ1) is 17.9. The molecule has 3 rings (SSSR count). The molecule has 1 N–H and O–H groups in total. The maximum Gasteiger partial charge on any atom is 0.244 e. The van der Waals surface area contributed by atoms with Gasteiger partial charge in [-0.3, -0.25) is 13.9 Å². The van der Waals surface area contributed by atoms with Crippen LogP contribution >= 0.6 is 23.2 Å². The van der Waals surface area contributed by atoms with Crippen LogP contribution in [0.4, 0.5) is 14.5 Å². The minimum Gasteiger partial charge on any atom is -0.352 e. The van der Waals surface area contributed by atoms with Crippen molar-refractivity contribution in [2.24, 2.45) is 0 Å². The molecular formula is C26H31Cl2F2N3O4S. The number of sulfonamides is 1. The van der Waals surface area contributed by atoms with Crippen LogP contribution in [0.5, 0.6) is 0 Å². The molecule has 2 amide bonds. The Kier molecular flexibility index (Phi) is 10.4. The summed E-state index contributed by atoms with van der Waals surface area (Å²) < 4.78 is 53.3. The number of anilines is 1. The molecule has 0 radical (unpaired) electrons. The lowest BCUT2D eigenvalue weighted by molar-refractivity contribution is -0.140. The Hall–Kier alpha value is -2.43. The first-order valence-corrected chi connectivity index (χ1v) is 15.0. The van der Waals surface area contributed by atoms with Gasteiger partial charge in [0.15, 0.2) is 11.6 Å². The number of rotatable bonds is 10. The summed E-state index contributed by atoms with van der Waals surface area (Å²) in [6.07, 6.45) is 5.86. The molecule has 0 heterocycles. The molecule has 2 aromatic rings. The van der Waals surface area contributed by atoms with Crippen molar-refractivity contribution in [3.63, 3.8) is 0 Å². The Morgan fingerprint density at radius 2 is 1.68 bits per heavy atom. The summed E-state index contributed by atoms with van der Waals surface area (Å²) in [5, 5.41) is 3.58. The van der Waals surface area contributed by atoms with Gasteiger partial charge in [-0.15, -0.1) is 0 Å². The van der Waals surface area contributed by atoms with E-state index in [0.717, 1.165) is 50.5 Å². The fraction of sp³-hybridized carbons (Fsp3) is 0.462. The van der Waals surface area contributed by atoms with E-state index in [1.165, 1.54) is 4.90 Å². The van der Waals surface area contributed by atoms with Crippen molar-refractivity contribution in [3.05, 3.63) is 63.6 Å². The molecule has 0 aromatic heterocycles. The second kappa shape index (κ2) is 13.1. The molecule has 1 aliphatic rings. The molecule has 2 aromatic carbocycles. The zero-order valence-corrected chi connectivity index (χ0v) is 23.6. The van der Waals surface area contributed by atoms with Crippen LogP contribution in [0.15, 0.2) is 36.4 Å². The number of hydrogen-bond donors (Lipinski definition) is 1. The van der Waals surface area contributed by atoms with E-state index in [2.05, 4.69) is 5.32 Å². The highest BCUT2D eigenvalue weighted by molar-refractivity contribution is 7.92. The van der Waals surface area contributed by atoms with E-state index in [1.54, 1.807) is 25.1 Å². The lowest BCUT2D eigenvalue weighted by Gasteiger charge is -2.34. The first-order valence-electron chi connectivity index (χ1n) is 12.4. The smallest absolute Gasteiger partial charge is 0.244 e. The first kappa shape index (κ1) is 30.1. The Bertz CT molecular complexity index is 1250. The number of amides is 2. The molecule has 0 bridgehead atoms. The molecule has 7 nitrogen and oxygen atoms in total. The van der Waals surface area contributed by atoms with Gasteiger partial charge in [0, 0.05) is 34.3 Å². The number of carbonyl (C=O) groups excluding carboxylic acids is 2. The molecule has 1 saturated carbocycles. The van der Waals surface area contributed by atoms with Crippen LogP contribution in [0.3, 0.4) is 0 Å². The largest absolute Gasteiger partial charge is 0.352 e. The summed E-state index contributed by atoms with van der Waals surface area (Å²) in [7, 11) is -4.10. The Morgan fingerprint density at radius 1 is 1.05 bits per heavy atom. The van der Waals surface area contributed by atoms with Gasteiger partial charge in [-0.05, 0) is 43.5 Å². The highest BCUT2D eigenvalue weighted by Gasteiger charge is 2.33. The van der Waals surface area contributed by atoms with Gasteiger partial charge in [-0.25, -0.2) is 17.2 Å². The fourth-order valence-electron chi connectivity index (χ4n) is 4.57. The lowest BCUT2D eigenvalue weighted by atomic mass is 9.95. The molecule has 0 aliphatic heterocycles. The van der Waals surface area contributed by atoms with Gasteiger partial charge in [0.2, 0.25) is 21.8 Å². The second-order valence-corrected chi connectivity index (χ2v) is 12.1. The third-order valence-electron chi connectivity index (χ3n) is 6.60. The molecule has 0 saturated heterocycles. The molecular weight excluding hydrogens is 559 g/mol. The van der Waals surface area contributed by atoms with E-state index in [9.17, 15) is 26.8 Å². The van der Waals surface area contributed by atoms with Crippen molar-refractivity contribution in [2.75, 3.05) is 17.1 Å². The van der Waals surface area contributed by atoms with Gasteiger partial charge in [0.1, 0.15) is 12.6 Å². The highest BCUT2D eigenvalue weighted by atomic mass is 35.5. The number of nitrogens with zero attached hydrogens (tertiary/aromatic N) is 2. The average Bonchev–Trinajstić information content (AvgIpc) is 2.85. The molecule has 38 heavy (non-hydrogen) atoms. The number of carbonyl (C=O) groups is 2. The SMILES string of the molecule is CC[C@@H](C(=O)NC1CCCCC1)N(Cc1c(Cl)cccc1Cl)C(=O)CN(c1ccc(F)c(F)c1)S(C)(=O)=O. The molecule has 0 unspecified atom stereocenters. The third-order valence-corrected chi connectivity index (χ3v) is 8.45. The maximum absolute atomic E-state index is 13.9. The standard InChI is InChI=1S/C26H31Cl2F2N3O4S/c1-3-24(26(35)31-17-8-5-4-6-9-17)32(15-19-20(27)10-7-11-21(19)28)25(34)16-33(38(2,36)37)18-12-13-22(29)23(30)14-18/h7,10-14,17,24H,3-6,8-9,15-16H2,1-2H3,(H,31,35)/t24-/m0/s1. The van der Waals surface area contributed by atoms with E-state index in [-0.39, 0.29) is 40.6 Å². The summed E-state index contributed by atoms with van der Waals surface area (Å²) in [5.41, 5.74) is 0.169. The van der Waals surface area contributed by atoms with Gasteiger partial charge in [-0.1, -0.05) is 55.5 Å². The van der Waals surface area contributed by atoms with Crippen molar-refractivity contribution in [3.8, 4) is 0 Å². The molecule has 208 valence electrons. The van der Waals surface area contributed by atoms with Crippen LogP contribution in [0.2, 0.25) is 10.0 Å². The van der Waals surface area contributed by atoms with Crippen LogP contribution in [-0.2, 0) is 26.2 Å². The lowest BCUT2D eigenvalue weighted by Crippen LogP contribution is -2.54. The minimum absolute atomic E-state index is 0.0131. The van der Waals surface area contributed by atoms with Crippen molar-refractivity contribution in [1.29, 1.82) is 0 Å². The minimum atomic E-state index is -4.10. The van der Waals surface area contributed by atoms with Crippen LogP contribution in [0.1, 0.15) is 51.0 Å². The van der Waals surface area contributed by atoms with Crippen LogP contribution in [0.25, 0.3) is 0 Å². The summed E-state index contributed by atoms with van der Waals surface area (Å²) >= 11 is 12.7. The molecule has 12 heteroatoms. The van der Waals surface area contributed by atoms with Gasteiger partial charge in [0.05, 0.1) is 11.9 Å². The van der Waals surface area contributed by atoms with Crippen molar-refractivity contribution in [1.82, 2.24) is 10.2 Å². The normalized spacial score (nSPS) is 15.1. The predicted octanol–water partition coefficient (Wildman–Crippen LogP) is 5.29. The summed E-state index contributed by atoms with van der Waals surface area (Å²) in [4.78, 5) is 28.4. The van der Waals surface area contributed by atoms with E-state index in [4.69, 9.17) is 23.2 Å². The molecule has 0 spiro atoms. The monoisotopic (exact) mass is 589 g/mol. The quantitative estimate of drug-likeness (QED) is 0.408. The number of hydrogen-bond acceptors (Lipinski definition) is 4. The summed E-state index contributed by atoms with van der Waals surface area (Å²) in [6, 6.07) is 6.41. The topological polar surface area (TPSA) is 86.8 Å². The second-order valence-electron chi connectivity index (χ2n) is 9.36. The summed E-state index contributed by atoms with van der Waals surface area (Å²) in [5.74, 6) is -3.52. The van der Waals surface area contributed by atoms with Gasteiger partial charge >= 0.3 is 0 Å². The van der Waals surface area contributed by atoms with Crippen LogP contribution < -0.4 is 9.62 Å². The highest BCUT2D eigenvalue weighted by Crippen LogP contribution is 2.28. The molecule has 1 atom stereocenters. The Balaban J connectivity index is 1.97. The van der Waals surface area contributed by atoms with Crippen LogP contribution in [-0.4, -0.2) is 50.0 Å². The van der Waals surface area contributed by atoms with Crippen molar-refractivity contribution in [2.45, 2.75) is 64.1 Å². The van der Waals surface area contributed by atoms with E-state index in [0.29, 0.717) is 15.9 Å². The van der Waals surface area contributed by atoms with Crippen molar-refractivity contribution < 1.29 is 26.8 Å². The van der Waals surface area contributed by atoms with Crippen molar-refractivity contribution >= 4 is 50.7 Å². The molecule has 1 aliphatic carbocycles. The van der Waals surface area contributed by atoms with E-state index >= 15 is 0 Å². The van der Waals surface area contributed by atoms with E-state index in [1.807, 2.05) is 0 Å². The molecule has 1 fully saturated rings. The van der Waals surface area contributed by atoms with Gasteiger partial charge in [-0.2, -0.15) is 0 Å². The Labute approximate surface area is 232 Å². The average molecular weight is 591 g/mol.